The number of aromatic nitrogens is 3. The second-order valence-corrected chi connectivity index (χ2v) is 7.23. The van der Waals surface area contributed by atoms with Gasteiger partial charge in [-0.1, -0.05) is 46.3 Å². The maximum atomic E-state index is 13.1. The highest BCUT2D eigenvalue weighted by Gasteiger charge is 2.37. The summed E-state index contributed by atoms with van der Waals surface area (Å²) < 4.78 is 13.6. The minimum absolute atomic E-state index is 0.261. The Balaban J connectivity index is 2.01. The van der Waals surface area contributed by atoms with Crippen molar-refractivity contribution in [3.63, 3.8) is 0 Å². The predicted octanol–water partition coefficient (Wildman–Crippen LogP) is 4.04. The van der Waals surface area contributed by atoms with Crippen LogP contribution >= 0.6 is 15.9 Å². The van der Waals surface area contributed by atoms with Crippen LogP contribution in [0.4, 0.5) is 5.95 Å². The average Bonchev–Trinajstić information content (AvgIpc) is 3.21. The number of carbonyl (C=O) groups is 1. The number of nitrogens with one attached hydrogen (secondary N) is 1. The van der Waals surface area contributed by atoms with E-state index < -0.39 is 12.0 Å². The van der Waals surface area contributed by atoms with E-state index in [0.29, 0.717) is 23.0 Å². The van der Waals surface area contributed by atoms with Gasteiger partial charge in [-0.2, -0.15) is 10.1 Å². The van der Waals surface area contributed by atoms with Gasteiger partial charge in [0.1, 0.15) is 18.1 Å². The second kappa shape index (κ2) is 8.08. The van der Waals surface area contributed by atoms with Crippen molar-refractivity contribution in [3.8, 4) is 5.75 Å². The van der Waals surface area contributed by atoms with Crippen LogP contribution in [0.5, 0.6) is 5.75 Å². The lowest BCUT2D eigenvalue weighted by atomic mass is 9.92. The summed E-state index contributed by atoms with van der Waals surface area (Å²) in [5, 5.41) is 7.62. The maximum Gasteiger partial charge on any atom is 0.338 e. The molecule has 0 spiro atoms. The fraction of sp³-hybridized carbons (Fsp3) is 0.190. The molecule has 0 fully saturated rings. The van der Waals surface area contributed by atoms with Gasteiger partial charge in [0, 0.05) is 10.0 Å². The number of methoxy groups -OCH3 is 1. The first kappa shape index (κ1) is 19.2. The molecule has 2 heterocycles. The Kier molecular flexibility index (Phi) is 5.35. The molecule has 0 saturated heterocycles. The molecular weight excluding hydrogens is 436 g/mol. The van der Waals surface area contributed by atoms with Gasteiger partial charge in [-0.25, -0.2) is 9.48 Å². The van der Waals surface area contributed by atoms with Crippen LogP contribution in [-0.2, 0) is 9.53 Å². The molecule has 1 aromatic heterocycles. The third kappa shape index (κ3) is 3.51. The molecule has 1 atom stereocenters. The van der Waals surface area contributed by atoms with Crippen molar-refractivity contribution in [3.05, 3.63) is 76.0 Å². The topological polar surface area (TPSA) is 78.3 Å². The van der Waals surface area contributed by atoms with E-state index in [1.54, 1.807) is 18.7 Å². The molecule has 0 unspecified atom stereocenters. The second-order valence-electron chi connectivity index (χ2n) is 6.32. The fourth-order valence-electron chi connectivity index (χ4n) is 3.43. The summed E-state index contributed by atoms with van der Waals surface area (Å²) in [7, 11) is 1.60. The Labute approximate surface area is 176 Å². The molecule has 2 aromatic carbocycles. The number of hydrogen-bond donors (Lipinski definition) is 1. The number of halogens is 1. The number of anilines is 1. The van der Waals surface area contributed by atoms with Crippen LogP contribution in [0.3, 0.4) is 0 Å². The van der Waals surface area contributed by atoms with Crippen molar-refractivity contribution in [2.75, 3.05) is 19.0 Å². The first-order chi connectivity index (χ1) is 14.1. The zero-order valence-corrected chi connectivity index (χ0v) is 17.5. The summed E-state index contributed by atoms with van der Waals surface area (Å²) in [5.74, 6) is 0.742. The molecule has 148 valence electrons. The monoisotopic (exact) mass is 454 g/mol. The van der Waals surface area contributed by atoms with Crippen LogP contribution in [0, 0.1) is 0 Å². The number of hydrogen-bond acceptors (Lipinski definition) is 6. The van der Waals surface area contributed by atoms with Crippen molar-refractivity contribution >= 4 is 33.5 Å². The highest BCUT2D eigenvalue weighted by molar-refractivity contribution is 9.10. The lowest BCUT2D eigenvalue weighted by Gasteiger charge is -2.30. The summed E-state index contributed by atoms with van der Waals surface area (Å²) in [6, 6.07) is 14.7. The van der Waals surface area contributed by atoms with Crippen molar-refractivity contribution in [2.24, 2.45) is 0 Å². The lowest BCUT2D eigenvalue weighted by Crippen LogP contribution is -2.30. The number of benzene rings is 2. The number of ether oxygens (including phenoxy) is 2. The first-order valence-corrected chi connectivity index (χ1v) is 9.90. The number of nitrogens with zero attached hydrogens (tertiary/aromatic N) is 3. The molecule has 0 radical (unpaired) electrons. The lowest BCUT2D eigenvalue weighted by molar-refractivity contribution is -0.138. The highest BCUT2D eigenvalue weighted by Crippen LogP contribution is 2.42. The van der Waals surface area contributed by atoms with E-state index in [-0.39, 0.29) is 6.61 Å². The standard InChI is InChI=1S/C21H19BrN4O3/c1-3-29-20(27)17-18(13-7-5-4-6-8-13)25-21-23-12-24-26(21)19(17)15-11-14(22)9-10-16(15)28-2/h4-12,19H,3H2,1-2H3,(H,23,24,25)/t19-/m1/s1. The molecule has 1 N–H and O–H groups in total. The Morgan fingerprint density at radius 1 is 1.24 bits per heavy atom. The van der Waals surface area contributed by atoms with Crippen LogP contribution in [0.2, 0.25) is 0 Å². The molecule has 0 aliphatic carbocycles. The van der Waals surface area contributed by atoms with Gasteiger partial charge in [0.2, 0.25) is 5.95 Å². The first-order valence-electron chi connectivity index (χ1n) is 9.10. The van der Waals surface area contributed by atoms with Crippen LogP contribution in [-0.4, -0.2) is 34.5 Å². The highest BCUT2D eigenvalue weighted by atomic mass is 79.9. The van der Waals surface area contributed by atoms with E-state index in [1.165, 1.54) is 6.33 Å². The molecule has 4 rings (SSSR count). The Morgan fingerprint density at radius 2 is 2.03 bits per heavy atom. The van der Waals surface area contributed by atoms with Gasteiger partial charge in [-0.15, -0.1) is 0 Å². The van der Waals surface area contributed by atoms with Crippen LogP contribution in [0.1, 0.15) is 24.1 Å². The van der Waals surface area contributed by atoms with Gasteiger partial charge < -0.3 is 14.8 Å². The number of esters is 1. The van der Waals surface area contributed by atoms with Gasteiger partial charge in [0.15, 0.2) is 0 Å². The van der Waals surface area contributed by atoms with Gasteiger partial charge >= 0.3 is 5.97 Å². The summed E-state index contributed by atoms with van der Waals surface area (Å²) in [6.07, 6.45) is 1.45. The number of rotatable bonds is 5. The molecular formula is C21H19BrN4O3. The van der Waals surface area contributed by atoms with E-state index in [1.807, 2.05) is 48.5 Å². The molecule has 1 aliphatic rings. The molecule has 3 aromatic rings. The van der Waals surface area contributed by atoms with Crippen LogP contribution in [0.25, 0.3) is 5.70 Å². The molecule has 7 nitrogen and oxygen atoms in total. The Hall–Kier alpha value is -3.13. The molecule has 0 amide bonds. The normalized spacial score (nSPS) is 15.5. The van der Waals surface area contributed by atoms with Gasteiger partial charge in [-0.05, 0) is 30.7 Å². The molecule has 29 heavy (non-hydrogen) atoms. The molecule has 8 heteroatoms. The van der Waals surface area contributed by atoms with Gasteiger partial charge in [0.25, 0.3) is 0 Å². The fourth-order valence-corrected chi connectivity index (χ4v) is 3.81. The van der Waals surface area contributed by atoms with Crippen LogP contribution in [0.15, 0.2) is 64.9 Å². The minimum Gasteiger partial charge on any atom is -0.496 e. The largest absolute Gasteiger partial charge is 0.496 e. The van der Waals surface area contributed by atoms with Gasteiger partial charge in [-0.3, -0.25) is 0 Å². The minimum atomic E-state index is -0.574. The van der Waals surface area contributed by atoms with Crippen molar-refractivity contribution in [1.29, 1.82) is 0 Å². The Morgan fingerprint density at radius 3 is 2.76 bits per heavy atom. The summed E-state index contributed by atoms with van der Waals surface area (Å²) in [6.45, 7) is 2.05. The Bertz CT molecular complexity index is 1080. The average molecular weight is 455 g/mol. The summed E-state index contributed by atoms with van der Waals surface area (Å²) in [4.78, 5) is 17.5. The van der Waals surface area contributed by atoms with Crippen molar-refractivity contribution in [1.82, 2.24) is 14.8 Å². The SMILES string of the molecule is CCOC(=O)C1=C(c2ccccc2)Nc2ncnn2[C@@H]1c1cc(Br)ccc1OC. The van der Waals surface area contributed by atoms with E-state index in [9.17, 15) is 4.79 Å². The number of fused-ring (bicyclic) bond motifs is 1. The van der Waals surface area contributed by atoms with E-state index in [0.717, 1.165) is 15.6 Å². The van der Waals surface area contributed by atoms with Crippen LogP contribution < -0.4 is 10.1 Å². The maximum absolute atomic E-state index is 13.1. The molecule has 0 saturated carbocycles. The predicted molar refractivity (Wildman–Crippen MR) is 112 cm³/mol. The summed E-state index contributed by atoms with van der Waals surface area (Å²) in [5.41, 5.74) is 2.69. The number of carbonyl (C=O) groups excluding carboxylic acids is 1. The smallest absolute Gasteiger partial charge is 0.338 e. The molecule has 0 bridgehead atoms. The van der Waals surface area contributed by atoms with Crippen molar-refractivity contribution < 1.29 is 14.3 Å². The third-order valence-electron chi connectivity index (χ3n) is 4.64. The van der Waals surface area contributed by atoms with E-state index >= 15 is 0 Å². The van der Waals surface area contributed by atoms with E-state index in [2.05, 4.69) is 31.3 Å². The van der Waals surface area contributed by atoms with E-state index in [4.69, 9.17) is 9.47 Å². The molecule has 1 aliphatic heterocycles. The third-order valence-corrected chi connectivity index (χ3v) is 5.13. The quantitative estimate of drug-likeness (QED) is 0.586. The van der Waals surface area contributed by atoms with Crippen molar-refractivity contribution in [2.45, 2.75) is 13.0 Å². The zero-order valence-electron chi connectivity index (χ0n) is 15.9. The van der Waals surface area contributed by atoms with Gasteiger partial charge in [0.05, 0.1) is 25.0 Å². The zero-order chi connectivity index (χ0) is 20.4. The summed E-state index contributed by atoms with van der Waals surface area (Å²) >= 11 is 3.52.